The fourth-order valence-corrected chi connectivity index (χ4v) is 1.61. The van der Waals surface area contributed by atoms with Gasteiger partial charge in [0, 0.05) is 24.9 Å². The van der Waals surface area contributed by atoms with Crippen molar-refractivity contribution in [2.75, 3.05) is 19.8 Å². The number of thiol groups is 1. The van der Waals surface area contributed by atoms with Crippen LogP contribution in [0.3, 0.4) is 0 Å². The molecule has 4 heteroatoms. The maximum atomic E-state index is 5.41. The van der Waals surface area contributed by atoms with Gasteiger partial charge in [0.25, 0.3) is 5.97 Å². The second-order valence-corrected chi connectivity index (χ2v) is 3.45. The lowest BCUT2D eigenvalue weighted by Crippen LogP contribution is -2.35. The van der Waals surface area contributed by atoms with Crippen LogP contribution in [0, 0.1) is 0 Å². The highest BCUT2D eigenvalue weighted by molar-refractivity contribution is 7.81. The molecule has 1 heterocycles. The van der Waals surface area contributed by atoms with Crippen molar-refractivity contribution in [1.29, 1.82) is 0 Å². The first-order chi connectivity index (χ1) is 5.72. The van der Waals surface area contributed by atoms with Crippen LogP contribution >= 0.6 is 12.6 Å². The van der Waals surface area contributed by atoms with Crippen LogP contribution in [-0.2, 0) is 14.2 Å². The Labute approximate surface area is 78.8 Å². The van der Waals surface area contributed by atoms with Crippen LogP contribution in [0.25, 0.3) is 0 Å². The first kappa shape index (κ1) is 10.3. The molecule has 0 aromatic heterocycles. The summed E-state index contributed by atoms with van der Waals surface area (Å²) in [6.45, 7) is 5.65. The summed E-state index contributed by atoms with van der Waals surface area (Å²) in [4.78, 5) is 0. The van der Waals surface area contributed by atoms with Gasteiger partial charge in [-0.3, -0.25) is 0 Å². The lowest BCUT2D eigenvalue weighted by Gasteiger charge is -2.26. The van der Waals surface area contributed by atoms with Gasteiger partial charge >= 0.3 is 0 Å². The van der Waals surface area contributed by atoms with Gasteiger partial charge in [0.2, 0.25) is 0 Å². The molecule has 1 fully saturated rings. The first-order valence-corrected chi connectivity index (χ1v) is 4.84. The Morgan fingerprint density at radius 2 is 2.00 bits per heavy atom. The zero-order valence-electron chi connectivity index (χ0n) is 7.58. The van der Waals surface area contributed by atoms with Gasteiger partial charge < -0.3 is 14.2 Å². The van der Waals surface area contributed by atoms with Gasteiger partial charge in [-0.1, -0.05) is 0 Å². The molecule has 0 aromatic carbocycles. The van der Waals surface area contributed by atoms with E-state index in [2.05, 4.69) is 12.6 Å². The highest BCUT2D eigenvalue weighted by Gasteiger charge is 2.41. The van der Waals surface area contributed by atoms with E-state index < -0.39 is 5.97 Å². The molecule has 3 nitrogen and oxygen atoms in total. The third kappa shape index (κ3) is 2.36. The molecular formula is C8H16O3S. The van der Waals surface area contributed by atoms with Crippen LogP contribution in [0.15, 0.2) is 0 Å². The summed E-state index contributed by atoms with van der Waals surface area (Å²) in [6.07, 6.45) is 0.706. The summed E-state index contributed by atoms with van der Waals surface area (Å²) in [5, 5.41) is 0.225. The molecule has 72 valence electrons. The molecule has 0 spiro atoms. The highest BCUT2D eigenvalue weighted by Crippen LogP contribution is 2.31. The summed E-state index contributed by atoms with van der Waals surface area (Å²) >= 11 is 4.31. The normalized spacial score (nSPS) is 27.8. The van der Waals surface area contributed by atoms with Crippen molar-refractivity contribution in [3.8, 4) is 0 Å². The van der Waals surface area contributed by atoms with Gasteiger partial charge in [-0.25, -0.2) is 0 Å². The zero-order valence-corrected chi connectivity index (χ0v) is 8.47. The van der Waals surface area contributed by atoms with Crippen molar-refractivity contribution in [2.24, 2.45) is 0 Å². The fourth-order valence-electron chi connectivity index (χ4n) is 1.31. The molecule has 1 aliphatic rings. The molecule has 0 aliphatic carbocycles. The number of ether oxygens (including phenoxy) is 3. The molecule has 1 unspecified atom stereocenters. The SMILES string of the molecule is CCOC1(OCC)CC(S)CO1. The average molecular weight is 192 g/mol. The van der Waals surface area contributed by atoms with Gasteiger partial charge in [-0.15, -0.1) is 0 Å². The van der Waals surface area contributed by atoms with E-state index in [1.807, 2.05) is 13.8 Å². The summed E-state index contributed by atoms with van der Waals surface area (Å²) in [6, 6.07) is 0. The molecule has 0 aromatic rings. The molecule has 1 atom stereocenters. The minimum absolute atomic E-state index is 0.225. The maximum Gasteiger partial charge on any atom is 0.284 e. The van der Waals surface area contributed by atoms with Crippen LogP contribution in [0.4, 0.5) is 0 Å². The van der Waals surface area contributed by atoms with E-state index in [1.54, 1.807) is 0 Å². The molecular weight excluding hydrogens is 176 g/mol. The first-order valence-electron chi connectivity index (χ1n) is 4.32. The Hall–Kier alpha value is 0.230. The molecule has 12 heavy (non-hydrogen) atoms. The van der Waals surface area contributed by atoms with Gasteiger partial charge in [-0.2, -0.15) is 12.6 Å². The number of hydrogen-bond acceptors (Lipinski definition) is 4. The highest BCUT2D eigenvalue weighted by atomic mass is 32.1. The van der Waals surface area contributed by atoms with Crippen molar-refractivity contribution in [2.45, 2.75) is 31.5 Å². The molecule has 0 radical (unpaired) electrons. The van der Waals surface area contributed by atoms with Crippen molar-refractivity contribution in [3.63, 3.8) is 0 Å². The van der Waals surface area contributed by atoms with Crippen molar-refractivity contribution in [1.82, 2.24) is 0 Å². The van der Waals surface area contributed by atoms with Crippen molar-refractivity contribution < 1.29 is 14.2 Å². The van der Waals surface area contributed by atoms with Crippen molar-refractivity contribution >= 4 is 12.6 Å². The van der Waals surface area contributed by atoms with Crippen LogP contribution in [-0.4, -0.2) is 31.0 Å². The van der Waals surface area contributed by atoms with Gasteiger partial charge in [0.15, 0.2) is 0 Å². The lowest BCUT2D eigenvalue weighted by atomic mass is 10.3. The number of hydrogen-bond donors (Lipinski definition) is 1. The van der Waals surface area contributed by atoms with Gasteiger partial charge in [-0.05, 0) is 13.8 Å². The maximum absolute atomic E-state index is 5.41. The summed E-state index contributed by atoms with van der Waals surface area (Å²) in [5.41, 5.74) is 0. The smallest absolute Gasteiger partial charge is 0.284 e. The van der Waals surface area contributed by atoms with E-state index in [9.17, 15) is 0 Å². The summed E-state index contributed by atoms with van der Waals surface area (Å²) in [5.74, 6) is -0.810. The Morgan fingerprint density at radius 3 is 2.33 bits per heavy atom. The Bertz CT molecular complexity index is 129. The zero-order chi connectivity index (χ0) is 9.03. The largest absolute Gasteiger partial charge is 0.328 e. The summed E-state index contributed by atoms with van der Waals surface area (Å²) < 4.78 is 16.2. The topological polar surface area (TPSA) is 27.7 Å². The van der Waals surface area contributed by atoms with E-state index in [1.165, 1.54) is 0 Å². The van der Waals surface area contributed by atoms with E-state index in [0.717, 1.165) is 0 Å². The Balaban J connectivity index is 2.48. The minimum Gasteiger partial charge on any atom is -0.328 e. The van der Waals surface area contributed by atoms with Crippen LogP contribution in [0.2, 0.25) is 0 Å². The van der Waals surface area contributed by atoms with Crippen LogP contribution < -0.4 is 0 Å². The summed E-state index contributed by atoms with van der Waals surface area (Å²) in [7, 11) is 0. The molecule has 1 aliphatic heterocycles. The Kier molecular flexibility index (Phi) is 3.83. The minimum atomic E-state index is -0.810. The molecule has 0 bridgehead atoms. The number of rotatable bonds is 4. The van der Waals surface area contributed by atoms with Crippen LogP contribution in [0.1, 0.15) is 20.3 Å². The predicted molar refractivity (Wildman–Crippen MR) is 49.3 cm³/mol. The fraction of sp³-hybridized carbons (Fsp3) is 1.00. The third-order valence-corrected chi connectivity index (χ3v) is 2.04. The lowest BCUT2D eigenvalue weighted by molar-refractivity contribution is -0.358. The van der Waals surface area contributed by atoms with E-state index in [4.69, 9.17) is 14.2 Å². The second-order valence-electron chi connectivity index (χ2n) is 2.72. The predicted octanol–water partition coefficient (Wildman–Crippen LogP) is 1.43. The molecule has 1 saturated heterocycles. The standard InChI is InChI=1S/C8H16O3S/c1-3-9-8(10-4-2)5-7(12)6-11-8/h7,12H,3-6H2,1-2H3. The van der Waals surface area contributed by atoms with Crippen LogP contribution in [0.5, 0.6) is 0 Å². The monoisotopic (exact) mass is 192 g/mol. The van der Waals surface area contributed by atoms with E-state index in [0.29, 0.717) is 26.2 Å². The molecule has 0 N–H and O–H groups in total. The van der Waals surface area contributed by atoms with Crippen molar-refractivity contribution in [3.05, 3.63) is 0 Å². The average Bonchev–Trinajstić information content (AvgIpc) is 2.34. The van der Waals surface area contributed by atoms with E-state index >= 15 is 0 Å². The molecule has 1 rings (SSSR count). The third-order valence-electron chi connectivity index (χ3n) is 1.71. The Morgan fingerprint density at radius 1 is 1.42 bits per heavy atom. The molecule has 0 amide bonds. The quantitative estimate of drug-likeness (QED) is 0.539. The second kappa shape index (κ2) is 4.46. The van der Waals surface area contributed by atoms with Gasteiger partial charge in [0.1, 0.15) is 0 Å². The van der Waals surface area contributed by atoms with E-state index in [-0.39, 0.29) is 5.25 Å². The van der Waals surface area contributed by atoms with Gasteiger partial charge in [0.05, 0.1) is 6.61 Å². The molecule has 0 saturated carbocycles.